The van der Waals surface area contributed by atoms with E-state index in [4.69, 9.17) is 0 Å². The van der Waals surface area contributed by atoms with Gasteiger partial charge < -0.3 is 9.66 Å². The summed E-state index contributed by atoms with van der Waals surface area (Å²) in [5.41, 5.74) is 0. The molecular formula is C19H39NaO4S. The molecule has 2 atom stereocenters. The number of hydrogen-bond acceptors (Lipinski definition) is 4. The van der Waals surface area contributed by atoms with Crippen LogP contribution < -0.4 is 29.6 Å². The van der Waals surface area contributed by atoms with Crippen LogP contribution in [0.4, 0.5) is 0 Å². The first-order chi connectivity index (χ1) is 11.4. The summed E-state index contributed by atoms with van der Waals surface area (Å²) in [4.78, 5) is 0. The standard InChI is InChI=1S/C19H40O4S.Na/c1-3-5-7-8-9-10-12-14-18(20)15-13-17-19(24(21,22)23)16-11-6-4-2;/h18-20H,3-17H2,1-2H3,(H,21,22,23);/q;+1/p-1. The van der Waals surface area contributed by atoms with Gasteiger partial charge in [0.05, 0.1) is 16.2 Å². The van der Waals surface area contributed by atoms with Crippen molar-refractivity contribution < 1.29 is 47.6 Å². The maximum Gasteiger partial charge on any atom is 1.00 e. The van der Waals surface area contributed by atoms with Crippen molar-refractivity contribution in [1.29, 1.82) is 0 Å². The molecule has 4 nitrogen and oxygen atoms in total. The summed E-state index contributed by atoms with van der Waals surface area (Å²) in [5.74, 6) is 0. The Kier molecular flexibility index (Phi) is 20.5. The molecule has 0 heterocycles. The Morgan fingerprint density at radius 1 is 0.720 bits per heavy atom. The van der Waals surface area contributed by atoms with Crippen molar-refractivity contribution in [1.82, 2.24) is 0 Å². The van der Waals surface area contributed by atoms with Crippen LogP contribution in [-0.4, -0.2) is 29.4 Å². The third-order valence-corrected chi connectivity index (χ3v) is 6.03. The van der Waals surface area contributed by atoms with Crippen molar-refractivity contribution in [3.63, 3.8) is 0 Å². The zero-order valence-corrected chi connectivity index (χ0v) is 19.7. The van der Waals surface area contributed by atoms with E-state index in [1.807, 2.05) is 0 Å². The normalized spacial score (nSPS) is 14.1. The Morgan fingerprint density at radius 3 is 1.68 bits per heavy atom. The maximum absolute atomic E-state index is 11.3. The molecule has 146 valence electrons. The molecular weight excluding hydrogens is 347 g/mol. The molecule has 0 radical (unpaired) electrons. The van der Waals surface area contributed by atoms with Crippen LogP contribution in [0.5, 0.6) is 0 Å². The average Bonchev–Trinajstić information content (AvgIpc) is 2.51. The van der Waals surface area contributed by atoms with E-state index in [1.54, 1.807) is 0 Å². The molecule has 0 aromatic rings. The van der Waals surface area contributed by atoms with Crippen molar-refractivity contribution in [2.75, 3.05) is 0 Å². The Labute approximate surface area is 178 Å². The molecule has 0 amide bonds. The van der Waals surface area contributed by atoms with Crippen LogP contribution in [-0.2, 0) is 10.1 Å². The van der Waals surface area contributed by atoms with Crippen molar-refractivity contribution in [2.24, 2.45) is 0 Å². The first-order valence-corrected chi connectivity index (χ1v) is 11.5. The second-order valence-electron chi connectivity index (χ2n) is 7.11. The van der Waals surface area contributed by atoms with E-state index in [0.29, 0.717) is 25.7 Å². The minimum absolute atomic E-state index is 0. The van der Waals surface area contributed by atoms with Gasteiger partial charge in [-0.1, -0.05) is 78.1 Å². The van der Waals surface area contributed by atoms with Gasteiger partial charge in [-0.05, 0) is 32.1 Å². The number of aliphatic hydroxyl groups is 1. The van der Waals surface area contributed by atoms with Gasteiger partial charge in [0.2, 0.25) is 0 Å². The summed E-state index contributed by atoms with van der Waals surface area (Å²) in [7, 11) is -4.21. The molecule has 0 saturated heterocycles. The van der Waals surface area contributed by atoms with E-state index in [0.717, 1.165) is 38.5 Å². The van der Waals surface area contributed by atoms with Gasteiger partial charge in [-0.3, -0.25) is 0 Å². The zero-order chi connectivity index (χ0) is 18.3. The summed E-state index contributed by atoms with van der Waals surface area (Å²) >= 11 is 0. The monoisotopic (exact) mass is 386 g/mol. The molecule has 0 aliphatic rings. The van der Waals surface area contributed by atoms with Gasteiger partial charge in [0.15, 0.2) is 0 Å². The van der Waals surface area contributed by atoms with Crippen LogP contribution in [0.25, 0.3) is 0 Å². The molecule has 0 aliphatic heterocycles. The predicted molar refractivity (Wildman–Crippen MR) is 100 cm³/mol. The van der Waals surface area contributed by atoms with E-state index in [2.05, 4.69) is 13.8 Å². The van der Waals surface area contributed by atoms with Gasteiger partial charge >= 0.3 is 29.6 Å². The van der Waals surface area contributed by atoms with Gasteiger partial charge in [0.25, 0.3) is 0 Å². The Balaban J connectivity index is 0. The van der Waals surface area contributed by atoms with E-state index in [-0.39, 0.29) is 35.7 Å². The first kappa shape index (κ1) is 28.1. The fourth-order valence-electron chi connectivity index (χ4n) is 3.12. The molecule has 6 heteroatoms. The summed E-state index contributed by atoms with van der Waals surface area (Å²) in [6, 6.07) is 0. The largest absolute Gasteiger partial charge is 1.00 e. The number of aliphatic hydroxyl groups excluding tert-OH is 1. The van der Waals surface area contributed by atoms with Crippen molar-refractivity contribution in [3.05, 3.63) is 0 Å². The molecule has 0 aromatic carbocycles. The van der Waals surface area contributed by atoms with E-state index in [9.17, 15) is 18.1 Å². The van der Waals surface area contributed by atoms with Crippen LogP contribution in [0.3, 0.4) is 0 Å². The Bertz CT molecular complexity index is 374. The topological polar surface area (TPSA) is 77.4 Å². The second kappa shape index (κ2) is 18.2. The summed E-state index contributed by atoms with van der Waals surface area (Å²) in [6.45, 7) is 4.27. The van der Waals surface area contributed by atoms with Crippen molar-refractivity contribution in [3.8, 4) is 0 Å². The quantitative estimate of drug-likeness (QED) is 0.236. The molecule has 2 unspecified atom stereocenters. The van der Waals surface area contributed by atoms with Crippen LogP contribution in [0.1, 0.15) is 110 Å². The molecule has 0 aromatic heterocycles. The fraction of sp³-hybridized carbons (Fsp3) is 1.00. The van der Waals surface area contributed by atoms with Crippen LogP contribution >= 0.6 is 0 Å². The van der Waals surface area contributed by atoms with E-state index >= 15 is 0 Å². The van der Waals surface area contributed by atoms with Gasteiger partial charge in [-0.2, -0.15) is 0 Å². The Morgan fingerprint density at radius 2 is 1.12 bits per heavy atom. The van der Waals surface area contributed by atoms with Gasteiger partial charge in [0.1, 0.15) is 0 Å². The SMILES string of the molecule is CCCCCCCCCC(O)CCCC(CCCCC)S(=O)(=O)[O-].[Na+]. The van der Waals surface area contributed by atoms with Gasteiger partial charge in [-0.15, -0.1) is 0 Å². The maximum atomic E-state index is 11.3. The third kappa shape index (κ3) is 18.0. The van der Waals surface area contributed by atoms with Crippen molar-refractivity contribution in [2.45, 2.75) is 122 Å². The number of hydrogen-bond donors (Lipinski definition) is 1. The molecule has 0 spiro atoms. The Hall–Kier alpha value is 0.870. The number of unbranched alkanes of at least 4 members (excludes halogenated alkanes) is 8. The molecule has 0 bridgehead atoms. The molecule has 0 fully saturated rings. The summed E-state index contributed by atoms with van der Waals surface area (Å²) in [5, 5.41) is 9.22. The molecule has 1 N–H and O–H groups in total. The van der Waals surface area contributed by atoms with Gasteiger partial charge in [0, 0.05) is 5.25 Å². The van der Waals surface area contributed by atoms with E-state index < -0.39 is 15.4 Å². The van der Waals surface area contributed by atoms with Crippen LogP contribution in [0.15, 0.2) is 0 Å². The molecule has 0 saturated carbocycles. The first-order valence-electron chi connectivity index (χ1n) is 10.0. The second-order valence-corrected chi connectivity index (χ2v) is 8.76. The average molecular weight is 387 g/mol. The third-order valence-electron chi connectivity index (χ3n) is 4.74. The zero-order valence-electron chi connectivity index (χ0n) is 16.8. The minimum atomic E-state index is -4.21. The predicted octanol–water partition coefficient (Wildman–Crippen LogP) is 2.16. The molecule has 0 rings (SSSR count). The fourth-order valence-corrected chi connectivity index (χ4v) is 4.03. The minimum Gasteiger partial charge on any atom is -0.748 e. The summed E-state index contributed by atoms with van der Waals surface area (Å²) in [6.07, 6.45) is 13.9. The smallest absolute Gasteiger partial charge is 0.748 e. The summed E-state index contributed by atoms with van der Waals surface area (Å²) < 4.78 is 33.9. The molecule has 25 heavy (non-hydrogen) atoms. The van der Waals surface area contributed by atoms with Crippen molar-refractivity contribution >= 4 is 10.1 Å². The van der Waals surface area contributed by atoms with Crippen LogP contribution in [0, 0.1) is 0 Å². The van der Waals surface area contributed by atoms with E-state index in [1.165, 1.54) is 32.1 Å². The number of rotatable bonds is 17. The van der Waals surface area contributed by atoms with Crippen LogP contribution in [0.2, 0.25) is 0 Å². The van der Waals surface area contributed by atoms with Gasteiger partial charge in [-0.25, -0.2) is 8.42 Å². The molecule has 0 aliphatic carbocycles.